The van der Waals surface area contributed by atoms with Gasteiger partial charge in [-0.15, -0.1) is 0 Å². The molecule has 0 N–H and O–H groups in total. The molecule has 2 aromatic carbocycles. The molecule has 1 aliphatic rings. The van der Waals surface area contributed by atoms with E-state index in [1.165, 1.54) is 0 Å². The van der Waals surface area contributed by atoms with Crippen molar-refractivity contribution in [3.8, 4) is 11.1 Å². The lowest BCUT2D eigenvalue weighted by atomic mass is 10.0. The van der Waals surface area contributed by atoms with Gasteiger partial charge in [-0.05, 0) is 36.2 Å². The minimum Gasteiger partial charge on any atom is -0.289 e. The van der Waals surface area contributed by atoms with Crippen LogP contribution in [-0.4, -0.2) is 5.78 Å². The Bertz CT molecular complexity index is 660. The Balaban J connectivity index is 2.39. The molecule has 2 aromatic rings. The Morgan fingerprint density at radius 2 is 1.71 bits per heavy atom. The van der Waals surface area contributed by atoms with Crippen molar-refractivity contribution in [3.63, 3.8) is 0 Å². The number of carbonyl (C=O) groups is 1. The van der Waals surface area contributed by atoms with E-state index in [0.29, 0.717) is 21.2 Å². The Morgan fingerprint density at radius 3 is 2.47 bits per heavy atom. The van der Waals surface area contributed by atoms with Crippen LogP contribution < -0.4 is 0 Å². The summed E-state index contributed by atoms with van der Waals surface area (Å²) in [6.45, 7) is 1.96. The lowest BCUT2D eigenvalue weighted by Gasteiger charge is -2.02. The molecule has 1 aliphatic carbocycles. The maximum absolute atomic E-state index is 12.2. The van der Waals surface area contributed by atoms with Crippen LogP contribution in [0.5, 0.6) is 0 Å². The van der Waals surface area contributed by atoms with Crippen LogP contribution in [0.3, 0.4) is 0 Å². The van der Waals surface area contributed by atoms with Gasteiger partial charge in [0.15, 0.2) is 5.78 Å². The highest BCUT2D eigenvalue weighted by Gasteiger charge is 2.29. The average molecular weight is 263 g/mol. The van der Waals surface area contributed by atoms with Gasteiger partial charge in [-0.2, -0.15) is 0 Å². The van der Waals surface area contributed by atoms with E-state index in [-0.39, 0.29) is 5.78 Å². The highest BCUT2D eigenvalue weighted by molar-refractivity contribution is 6.40. The Kier molecular flexibility index (Phi) is 2.29. The van der Waals surface area contributed by atoms with Crippen molar-refractivity contribution in [1.82, 2.24) is 0 Å². The lowest BCUT2D eigenvalue weighted by molar-refractivity contribution is 0.104. The molecule has 0 aromatic heterocycles. The first-order chi connectivity index (χ1) is 8.08. The van der Waals surface area contributed by atoms with E-state index in [1.54, 1.807) is 12.1 Å². The van der Waals surface area contributed by atoms with E-state index >= 15 is 0 Å². The molecule has 84 valence electrons. The fourth-order valence-corrected chi connectivity index (χ4v) is 2.81. The summed E-state index contributed by atoms with van der Waals surface area (Å²) in [5.74, 6) is -0.0135. The normalized spacial score (nSPS) is 12.5. The Hall–Kier alpha value is -1.31. The summed E-state index contributed by atoms with van der Waals surface area (Å²) in [5, 5.41) is 0.973. The maximum atomic E-state index is 12.2. The Labute approximate surface area is 109 Å². The van der Waals surface area contributed by atoms with Crippen molar-refractivity contribution in [2.24, 2.45) is 0 Å². The minimum absolute atomic E-state index is 0.0135. The predicted molar refractivity (Wildman–Crippen MR) is 70.1 cm³/mol. The fraction of sp³-hybridized carbons (Fsp3) is 0.0714. The number of benzene rings is 2. The zero-order valence-corrected chi connectivity index (χ0v) is 10.6. The zero-order chi connectivity index (χ0) is 12.2. The summed E-state index contributed by atoms with van der Waals surface area (Å²) in [6.07, 6.45) is 0. The molecule has 0 aliphatic heterocycles. The average Bonchev–Trinajstić information content (AvgIpc) is 2.52. The second-order valence-corrected chi connectivity index (χ2v) is 5.03. The summed E-state index contributed by atoms with van der Waals surface area (Å²) < 4.78 is 0. The number of hydrogen-bond donors (Lipinski definition) is 0. The molecule has 0 saturated heterocycles. The summed E-state index contributed by atoms with van der Waals surface area (Å²) in [5.41, 5.74) is 4.09. The number of aryl methyl sites for hydroxylation is 1. The molecule has 17 heavy (non-hydrogen) atoms. The number of ketones is 1. The smallest absolute Gasteiger partial charge is 0.195 e. The van der Waals surface area contributed by atoms with E-state index in [0.717, 1.165) is 16.7 Å². The maximum Gasteiger partial charge on any atom is 0.195 e. The molecule has 0 radical (unpaired) electrons. The molecule has 0 spiro atoms. The van der Waals surface area contributed by atoms with Crippen LogP contribution in [0.1, 0.15) is 21.5 Å². The van der Waals surface area contributed by atoms with Gasteiger partial charge in [0.25, 0.3) is 0 Å². The van der Waals surface area contributed by atoms with Gasteiger partial charge in [0.1, 0.15) is 0 Å². The molecule has 3 heteroatoms. The lowest BCUT2D eigenvalue weighted by Crippen LogP contribution is -1.96. The third-order valence-electron chi connectivity index (χ3n) is 2.99. The molecule has 0 bridgehead atoms. The van der Waals surface area contributed by atoms with Crippen molar-refractivity contribution in [2.45, 2.75) is 6.92 Å². The molecular formula is C14H8Cl2O. The van der Waals surface area contributed by atoms with Gasteiger partial charge in [-0.1, -0.05) is 40.9 Å². The fourth-order valence-electron chi connectivity index (χ4n) is 2.23. The van der Waals surface area contributed by atoms with Crippen molar-refractivity contribution in [3.05, 3.63) is 57.1 Å². The van der Waals surface area contributed by atoms with Crippen molar-refractivity contribution < 1.29 is 4.79 Å². The van der Waals surface area contributed by atoms with Crippen LogP contribution in [0.25, 0.3) is 11.1 Å². The highest BCUT2D eigenvalue weighted by atomic mass is 35.5. The van der Waals surface area contributed by atoms with Crippen LogP contribution in [0.15, 0.2) is 30.3 Å². The second kappa shape index (κ2) is 3.59. The van der Waals surface area contributed by atoms with Crippen LogP contribution in [0.2, 0.25) is 10.0 Å². The summed E-state index contributed by atoms with van der Waals surface area (Å²) >= 11 is 12.1. The van der Waals surface area contributed by atoms with Crippen LogP contribution in [-0.2, 0) is 0 Å². The van der Waals surface area contributed by atoms with Crippen molar-refractivity contribution in [2.75, 3.05) is 0 Å². The monoisotopic (exact) mass is 262 g/mol. The van der Waals surface area contributed by atoms with E-state index in [4.69, 9.17) is 23.2 Å². The van der Waals surface area contributed by atoms with Gasteiger partial charge >= 0.3 is 0 Å². The van der Waals surface area contributed by atoms with E-state index in [9.17, 15) is 4.79 Å². The van der Waals surface area contributed by atoms with Crippen molar-refractivity contribution in [1.29, 1.82) is 0 Å². The number of hydrogen-bond acceptors (Lipinski definition) is 1. The zero-order valence-electron chi connectivity index (χ0n) is 9.05. The molecule has 0 saturated carbocycles. The topological polar surface area (TPSA) is 17.1 Å². The number of rotatable bonds is 0. The van der Waals surface area contributed by atoms with Gasteiger partial charge in [0.05, 0.1) is 5.02 Å². The van der Waals surface area contributed by atoms with Gasteiger partial charge < -0.3 is 0 Å². The SMILES string of the molecule is Cc1ccc2c(c1)C(=O)c1c(Cl)cc(Cl)cc1-2. The molecule has 3 rings (SSSR count). The molecule has 1 nitrogen and oxygen atoms in total. The summed E-state index contributed by atoms with van der Waals surface area (Å²) in [4.78, 5) is 12.2. The van der Waals surface area contributed by atoms with Gasteiger partial charge in [-0.3, -0.25) is 4.79 Å². The number of halogens is 2. The predicted octanol–water partition coefficient (Wildman–Crippen LogP) is 4.51. The van der Waals surface area contributed by atoms with Crippen molar-refractivity contribution >= 4 is 29.0 Å². The van der Waals surface area contributed by atoms with Crippen LogP contribution in [0.4, 0.5) is 0 Å². The quantitative estimate of drug-likeness (QED) is 0.583. The van der Waals surface area contributed by atoms with E-state index in [1.807, 2.05) is 25.1 Å². The number of fused-ring (bicyclic) bond motifs is 3. The van der Waals surface area contributed by atoms with Crippen LogP contribution in [0, 0.1) is 6.92 Å². The second-order valence-electron chi connectivity index (χ2n) is 4.19. The van der Waals surface area contributed by atoms with Crippen LogP contribution >= 0.6 is 23.2 Å². The molecule has 0 amide bonds. The standard InChI is InChI=1S/C14H8Cl2O/c1-7-2-3-9-10-5-8(15)6-12(16)13(10)14(17)11(9)4-7/h2-6H,1H3. The largest absolute Gasteiger partial charge is 0.289 e. The van der Waals surface area contributed by atoms with Gasteiger partial charge in [0.2, 0.25) is 0 Å². The van der Waals surface area contributed by atoms with E-state index in [2.05, 4.69) is 0 Å². The highest BCUT2D eigenvalue weighted by Crippen LogP contribution is 2.41. The summed E-state index contributed by atoms with van der Waals surface area (Å²) in [6, 6.07) is 9.22. The first kappa shape index (κ1) is 10.8. The van der Waals surface area contributed by atoms with E-state index < -0.39 is 0 Å². The molecule has 0 unspecified atom stereocenters. The first-order valence-electron chi connectivity index (χ1n) is 5.22. The first-order valence-corrected chi connectivity index (χ1v) is 5.98. The van der Waals surface area contributed by atoms with Gasteiger partial charge in [-0.25, -0.2) is 0 Å². The summed E-state index contributed by atoms with van der Waals surface area (Å²) in [7, 11) is 0. The Morgan fingerprint density at radius 1 is 0.941 bits per heavy atom. The van der Waals surface area contributed by atoms with Gasteiger partial charge in [0, 0.05) is 16.1 Å². The minimum atomic E-state index is -0.0135. The molecule has 0 fully saturated rings. The third-order valence-corrected chi connectivity index (χ3v) is 3.51. The third kappa shape index (κ3) is 1.50. The molecular weight excluding hydrogens is 255 g/mol. The molecule has 0 heterocycles. The molecule has 0 atom stereocenters. The number of carbonyl (C=O) groups excluding carboxylic acids is 1.